The fraction of sp³-hybridized carbons (Fsp3) is 0. The largest absolute Gasteiger partial charge is 0.478 e. The summed E-state index contributed by atoms with van der Waals surface area (Å²) in [6.45, 7) is 0. The van der Waals surface area contributed by atoms with Gasteiger partial charge >= 0.3 is 17.9 Å². The predicted molar refractivity (Wildman–Crippen MR) is 72.8 cm³/mol. The van der Waals surface area contributed by atoms with Gasteiger partial charge in [-0.15, -0.1) is 0 Å². The molecule has 0 radical (unpaired) electrons. The van der Waals surface area contributed by atoms with Crippen molar-refractivity contribution in [3.63, 3.8) is 0 Å². The number of hydrogen-bond acceptors (Lipinski definition) is 3. The molecule has 0 fully saturated rings. The van der Waals surface area contributed by atoms with Gasteiger partial charge in [0.25, 0.3) is 0 Å². The maximum absolute atomic E-state index is 11.4. The minimum absolute atomic E-state index is 0.0559. The topological polar surface area (TPSA) is 112 Å². The zero-order valence-electron chi connectivity index (χ0n) is 10.6. The number of rotatable bonds is 4. The molecular weight excluding hydrogens is 276 g/mol. The van der Waals surface area contributed by atoms with E-state index in [0.29, 0.717) is 5.56 Å². The molecule has 6 heteroatoms. The summed E-state index contributed by atoms with van der Waals surface area (Å²) in [5, 5.41) is 27.5. The zero-order valence-corrected chi connectivity index (χ0v) is 10.6. The maximum Gasteiger partial charge on any atom is 0.337 e. The second kappa shape index (κ2) is 5.46. The van der Waals surface area contributed by atoms with Crippen LogP contribution in [-0.4, -0.2) is 33.2 Å². The highest BCUT2D eigenvalue weighted by molar-refractivity contribution is 6.08. The van der Waals surface area contributed by atoms with Crippen molar-refractivity contribution in [1.29, 1.82) is 0 Å². The number of carboxylic acid groups (broad SMARTS) is 3. The number of hydrogen-bond donors (Lipinski definition) is 3. The van der Waals surface area contributed by atoms with Crippen molar-refractivity contribution in [2.24, 2.45) is 0 Å². The van der Waals surface area contributed by atoms with Gasteiger partial charge in [0, 0.05) is 0 Å². The first kappa shape index (κ1) is 14.3. The average molecular weight is 286 g/mol. The molecule has 2 aromatic carbocycles. The highest BCUT2D eigenvalue weighted by Gasteiger charge is 2.24. The minimum atomic E-state index is -1.49. The van der Waals surface area contributed by atoms with Crippen molar-refractivity contribution in [2.45, 2.75) is 0 Å². The first-order valence-corrected chi connectivity index (χ1v) is 5.85. The fourth-order valence-corrected chi connectivity index (χ4v) is 2.01. The van der Waals surface area contributed by atoms with Crippen LogP contribution in [0.2, 0.25) is 0 Å². The minimum Gasteiger partial charge on any atom is -0.478 e. The predicted octanol–water partition coefficient (Wildman–Crippen LogP) is 2.45. The van der Waals surface area contributed by atoms with Crippen LogP contribution >= 0.6 is 0 Å². The van der Waals surface area contributed by atoms with Crippen LogP contribution in [0.5, 0.6) is 0 Å². The zero-order chi connectivity index (χ0) is 15.6. The SMILES string of the molecule is O=C(O)c1cc(C(=O)O)c(C(=O)O)c(-c2ccccc2)c1. The number of aromatic carboxylic acids is 3. The Balaban J connectivity index is 2.86. The number of benzene rings is 2. The van der Waals surface area contributed by atoms with Crippen molar-refractivity contribution in [3.8, 4) is 11.1 Å². The normalized spacial score (nSPS) is 10.1. The van der Waals surface area contributed by atoms with Crippen molar-refractivity contribution < 1.29 is 29.7 Å². The van der Waals surface area contributed by atoms with Crippen LogP contribution in [-0.2, 0) is 0 Å². The molecule has 106 valence electrons. The third kappa shape index (κ3) is 2.74. The molecule has 0 aliphatic carbocycles. The third-order valence-corrected chi connectivity index (χ3v) is 2.91. The van der Waals surface area contributed by atoms with Gasteiger partial charge in [0.1, 0.15) is 0 Å². The van der Waals surface area contributed by atoms with Crippen LogP contribution in [0.15, 0.2) is 42.5 Å². The van der Waals surface area contributed by atoms with Crippen LogP contribution in [0.4, 0.5) is 0 Å². The molecule has 6 nitrogen and oxygen atoms in total. The van der Waals surface area contributed by atoms with Gasteiger partial charge in [-0.25, -0.2) is 14.4 Å². The smallest absolute Gasteiger partial charge is 0.337 e. The molecule has 0 spiro atoms. The molecule has 0 saturated heterocycles. The van der Waals surface area contributed by atoms with Gasteiger partial charge in [0.05, 0.1) is 16.7 Å². The molecule has 0 saturated carbocycles. The Morgan fingerprint density at radius 1 is 0.762 bits per heavy atom. The Morgan fingerprint density at radius 2 is 1.38 bits per heavy atom. The van der Waals surface area contributed by atoms with Crippen molar-refractivity contribution in [2.75, 3.05) is 0 Å². The molecule has 0 heterocycles. The number of carbonyl (C=O) groups is 3. The lowest BCUT2D eigenvalue weighted by molar-refractivity contribution is 0.0650. The van der Waals surface area contributed by atoms with Gasteiger partial charge in [-0.1, -0.05) is 30.3 Å². The monoisotopic (exact) mass is 286 g/mol. The first-order valence-electron chi connectivity index (χ1n) is 5.85. The standard InChI is InChI=1S/C15H10O6/c16-13(17)9-6-10(8-4-2-1-3-5-8)12(15(20)21)11(7-9)14(18)19/h1-7H,(H,16,17)(H,18,19)(H,20,21). The fourth-order valence-electron chi connectivity index (χ4n) is 2.01. The Kier molecular flexibility index (Phi) is 3.71. The number of carboxylic acids is 3. The van der Waals surface area contributed by atoms with Crippen molar-refractivity contribution >= 4 is 17.9 Å². The second-order valence-electron chi connectivity index (χ2n) is 4.23. The highest BCUT2D eigenvalue weighted by atomic mass is 16.4. The molecule has 0 atom stereocenters. The van der Waals surface area contributed by atoms with Gasteiger partial charge in [-0.05, 0) is 23.3 Å². The molecule has 0 bridgehead atoms. The Morgan fingerprint density at radius 3 is 1.86 bits per heavy atom. The van der Waals surface area contributed by atoms with Gasteiger partial charge < -0.3 is 15.3 Å². The van der Waals surface area contributed by atoms with Gasteiger partial charge in [0.15, 0.2) is 0 Å². The van der Waals surface area contributed by atoms with E-state index in [-0.39, 0.29) is 11.1 Å². The molecule has 2 aromatic rings. The van der Waals surface area contributed by atoms with Crippen LogP contribution in [0, 0.1) is 0 Å². The summed E-state index contributed by atoms with van der Waals surface area (Å²) in [6.07, 6.45) is 0. The van der Waals surface area contributed by atoms with E-state index in [1.165, 1.54) is 0 Å². The van der Waals surface area contributed by atoms with Crippen LogP contribution in [0.1, 0.15) is 31.1 Å². The molecule has 0 aliphatic heterocycles. The molecule has 3 N–H and O–H groups in total. The van der Waals surface area contributed by atoms with Crippen LogP contribution in [0.25, 0.3) is 11.1 Å². The quantitative estimate of drug-likeness (QED) is 0.795. The lowest BCUT2D eigenvalue weighted by Crippen LogP contribution is -2.12. The van der Waals surface area contributed by atoms with E-state index >= 15 is 0 Å². The highest BCUT2D eigenvalue weighted by Crippen LogP contribution is 2.28. The molecule has 0 unspecified atom stereocenters. The Labute approximate surface area is 118 Å². The second-order valence-corrected chi connectivity index (χ2v) is 4.23. The molecule has 0 amide bonds. The Bertz CT molecular complexity index is 733. The van der Waals surface area contributed by atoms with E-state index < -0.39 is 29.0 Å². The molecule has 2 rings (SSSR count). The summed E-state index contributed by atoms with van der Waals surface area (Å²) in [5.74, 6) is -4.25. The summed E-state index contributed by atoms with van der Waals surface area (Å²) in [6, 6.07) is 10.2. The van der Waals surface area contributed by atoms with Gasteiger partial charge in [-0.3, -0.25) is 0 Å². The van der Waals surface area contributed by atoms with E-state index in [4.69, 9.17) is 10.2 Å². The average Bonchev–Trinajstić information content (AvgIpc) is 2.46. The molecular formula is C15H10O6. The summed E-state index contributed by atoms with van der Waals surface area (Å²) in [7, 11) is 0. The van der Waals surface area contributed by atoms with Crippen LogP contribution in [0.3, 0.4) is 0 Å². The summed E-state index contributed by atoms with van der Waals surface area (Å²) in [4.78, 5) is 33.7. The van der Waals surface area contributed by atoms with Crippen molar-refractivity contribution in [3.05, 3.63) is 59.2 Å². The first-order chi connectivity index (χ1) is 9.91. The molecule has 0 aromatic heterocycles. The lowest BCUT2D eigenvalue weighted by Gasteiger charge is -2.11. The van der Waals surface area contributed by atoms with E-state index in [2.05, 4.69) is 0 Å². The maximum atomic E-state index is 11.4. The summed E-state index contributed by atoms with van der Waals surface area (Å²) < 4.78 is 0. The third-order valence-electron chi connectivity index (χ3n) is 2.91. The van der Waals surface area contributed by atoms with Crippen molar-refractivity contribution in [1.82, 2.24) is 0 Å². The van der Waals surface area contributed by atoms with E-state index in [9.17, 15) is 19.5 Å². The Hall–Kier alpha value is -3.15. The molecule has 0 aliphatic rings. The molecule has 21 heavy (non-hydrogen) atoms. The van der Waals surface area contributed by atoms with Gasteiger partial charge in [-0.2, -0.15) is 0 Å². The van der Waals surface area contributed by atoms with Crippen LogP contribution < -0.4 is 0 Å². The van der Waals surface area contributed by atoms with E-state index in [1.807, 2.05) is 0 Å². The lowest BCUT2D eigenvalue weighted by atomic mass is 9.92. The van der Waals surface area contributed by atoms with E-state index in [0.717, 1.165) is 12.1 Å². The summed E-state index contributed by atoms with van der Waals surface area (Å²) >= 11 is 0. The summed E-state index contributed by atoms with van der Waals surface area (Å²) in [5.41, 5.74) is -0.780. The van der Waals surface area contributed by atoms with E-state index in [1.54, 1.807) is 30.3 Å². The van der Waals surface area contributed by atoms with Gasteiger partial charge in [0.2, 0.25) is 0 Å².